The van der Waals surface area contributed by atoms with Gasteiger partial charge in [0, 0.05) is 8.95 Å². The molecule has 1 atom stereocenters. The summed E-state index contributed by atoms with van der Waals surface area (Å²) in [7, 11) is 1.99. The molecular weight excluding hydrogens is 366 g/mol. The Morgan fingerprint density at radius 3 is 2.00 bits per heavy atom. The van der Waals surface area contributed by atoms with Gasteiger partial charge in [0.25, 0.3) is 0 Å². The third-order valence-corrected chi connectivity index (χ3v) is 4.29. The third kappa shape index (κ3) is 3.47. The van der Waals surface area contributed by atoms with Gasteiger partial charge in [-0.25, -0.2) is 0 Å². The maximum absolute atomic E-state index is 3.55. The van der Waals surface area contributed by atoms with Crippen molar-refractivity contribution in [1.82, 2.24) is 5.32 Å². The van der Waals surface area contributed by atoms with Crippen LogP contribution in [-0.4, -0.2) is 7.05 Å². The minimum Gasteiger partial charge on any atom is -0.309 e. The van der Waals surface area contributed by atoms with E-state index in [1.165, 1.54) is 22.3 Å². The number of benzene rings is 2. The van der Waals surface area contributed by atoms with E-state index in [0.29, 0.717) is 0 Å². The maximum atomic E-state index is 3.55. The summed E-state index contributed by atoms with van der Waals surface area (Å²) in [4.78, 5) is 0. The van der Waals surface area contributed by atoms with E-state index in [1.54, 1.807) is 0 Å². The van der Waals surface area contributed by atoms with Gasteiger partial charge >= 0.3 is 0 Å². The first-order valence-corrected chi connectivity index (χ1v) is 7.80. The van der Waals surface area contributed by atoms with Crippen LogP contribution in [0.25, 0.3) is 0 Å². The molecule has 0 saturated heterocycles. The molecule has 2 aromatic rings. The minimum absolute atomic E-state index is 0.202. The van der Waals surface area contributed by atoms with Crippen LogP contribution < -0.4 is 5.32 Å². The number of rotatable bonds is 3. The molecule has 1 nitrogen and oxygen atoms in total. The monoisotopic (exact) mass is 381 g/mol. The molecule has 0 bridgehead atoms. The van der Waals surface area contributed by atoms with Crippen LogP contribution in [0.4, 0.5) is 0 Å². The second kappa shape index (κ2) is 6.21. The fraction of sp³-hybridized carbons (Fsp3) is 0.250. The number of nitrogens with one attached hydrogen (secondary N) is 1. The third-order valence-electron chi connectivity index (χ3n) is 3.37. The number of hydrogen-bond donors (Lipinski definition) is 1. The molecule has 0 radical (unpaired) electrons. The Labute approximate surface area is 131 Å². The molecular formula is C16H17Br2N. The van der Waals surface area contributed by atoms with E-state index in [-0.39, 0.29) is 6.04 Å². The largest absolute Gasteiger partial charge is 0.309 e. The van der Waals surface area contributed by atoms with Gasteiger partial charge < -0.3 is 5.32 Å². The van der Waals surface area contributed by atoms with Crippen molar-refractivity contribution in [3.63, 3.8) is 0 Å². The van der Waals surface area contributed by atoms with Crippen LogP contribution in [0.2, 0.25) is 0 Å². The Balaban J connectivity index is 2.46. The molecule has 0 aromatic heterocycles. The molecule has 2 aromatic carbocycles. The van der Waals surface area contributed by atoms with Gasteiger partial charge in [0.1, 0.15) is 0 Å². The zero-order valence-corrected chi connectivity index (χ0v) is 14.5. The maximum Gasteiger partial charge on any atom is 0.0575 e. The summed E-state index contributed by atoms with van der Waals surface area (Å²) in [6.45, 7) is 4.30. The molecule has 0 aliphatic carbocycles. The van der Waals surface area contributed by atoms with E-state index in [9.17, 15) is 0 Å². The lowest BCUT2D eigenvalue weighted by Crippen LogP contribution is -2.17. The Kier molecular flexibility index (Phi) is 4.82. The highest BCUT2D eigenvalue weighted by Crippen LogP contribution is 2.28. The van der Waals surface area contributed by atoms with Crippen molar-refractivity contribution in [3.05, 3.63) is 67.6 Å². The zero-order chi connectivity index (χ0) is 14.0. The van der Waals surface area contributed by atoms with Gasteiger partial charge in [-0.1, -0.05) is 50.1 Å². The lowest BCUT2D eigenvalue weighted by molar-refractivity contribution is 0.690. The Morgan fingerprint density at radius 1 is 0.842 bits per heavy atom. The molecule has 19 heavy (non-hydrogen) atoms. The molecule has 100 valence electrons. The molecule has 1 N–H and O–H groups in total. The Morgan fingerprint density at radius 2 is 1.47 bits per heavy atom. The second-order valence-corrected chi connectivity index (χ2v) is 6.60. The van der Waals surface area contributed by atoms with E-state index in [0.717, 1.165) is 8.95 Å². The molecule has 0 amide bonds. The normalized spacial score (nSPS) is 12.5. The van der Waals surface area contributed by atoms with Gasteiger partial charge in [-0.2, -0.15) is 0 Å². The van der Waals surface area contributed by atoms with Crippen LogP contribution in [-0.2, 0) is 0 Å². The summed E-state index contributed by atoms with van der Waals surface area (Å²) in [5.41, 5.74) is 5.18. The van der Waals surface area contributed by atoms with E-state index in [4.69, 9.17) is 0 Å². The van der Waals surface area contributed by atoms with Crippen molar-refractivity contribution >= 4 is 31.9 Å². The van der Waals surface area contributed by atoms with Crippen molar-refractivity contribution in [2.24, 2.45) is 0 Å². The van der Waals surface area contributed by atoms with Crippen LogP contribution in [0.3, 0.4) is 0 Å². The molecule has 0 heterocycles. The van der Waals surface area contributed by atoms with Gasteiger partial charge in [0.2, 0.25) is 0 Å². The highest BCUT2D eigenvalue weighted by atomic mass is 79.9. The molecule has 0 saturated carbocycles. The number of aryl methyl sites for hydroxylation is 2. The van der Waals surface area contributed by atoms with Crippen molar-refractivity contribution in [1.29, 1.82) is 0 Å². The molecule has 0 fully saturated rings. The Bertz CT molecular complexity index is 573. The van der Waals surface area contributed by atoms with Crippen LogP contribution in [0.5, 0.6) is 0 Å². The molecule has 0 aliphatic heterocycles. The average Bonchev–Trinajstić information content (AvgIpc) is 2.33. The average molecular weight is 383 g/mol. The lowest BCUT2D eigenvalue weighted by Gasteiger charge is -2.19. The molecule has 3 heteroatoms. The van der Waals surface area contributed by atoms with E-state index in [2.05, 4.69) is 87.4 Å². The highest BCUT2D eigenvalue weighted by molar-refractivity contribution is 9.11. The van der Waals surface area contributed by atoms with Gasteiger partial charge in [0.15, 0.2) is 0 Å². The first-order valence-electron chi connectivity index (χ1n) is 6.21. The quantitative estimate of drug-likeness (QED) is 0.775. The van der Waals surface area contributed by atoms with Gasteiger partial charge in [-0.3, -0.25) is 0 Å². The van der Waals surface area contributed by atoms with Crippen LogP contribution >= 0.6 is 31.9 Å². The van der Waals surface area contributed by atoms with Crippen LogP contribution in [0.1, 0.15) is 28.3 Å². The van der Waals surface area contributed by atoms with Crippen LogP contribution in [0.15, 0.2) is 45.3 Å². The summed E-state index contributed by atoms with van der Waals surface area (Å²) < 4.78 is 2.17. The standard InChI is InChI=1S/C16H17Br2N/c1-10-4-5-12(6-11(10)2)16(19-3)13-7-14(17)9-15(18)8-13/h4-9,16,19H,1-3H3. The zero-order valence-electron chi connectivity index (χ0n) is 11.3. The summed E-state index contributed by atoms with van der Waals surface area (Å²) >= 11 is 7.10. The van der Waals surface area contributed by atoms with Gasteiger partial charge in [-0.05, 0) is 61.3 Å². The minimum atomic E-state index is 0.202. The fourth-order valence-electron chi connectivity index (χ4n) is 2.21. The number of halogens is 2. The lowest BCUT2D eigenvalue weighted by atomic mass is 9.96. The molecule has 0 spiro atoms. The first-order chi connectivity index (χ1) is 9.01. The predicted molar refractivity (Wildman–Crippen MR) is 88.7 cm³/mol. The van der Waals surface area contributed by atoms with Crippen molar-refractivity contribution in [2.75, 3.05) is 7.05 Å². The van der Waals surface area contributed by atoms with E-state index >= 15 is 0 Å². The summed E-state index contributed by atoms with van der Waals surface area (Å²) in [5, 5.41) is 3.39. The van der Waals surface area contributed by atoms with Crippen molar-refractivity contribution in [2.45, 2.75) is 19.9 Å². The molecule has 2 rings (SSSR count). The summed E-state index contributed by atoms with van der Waals surface area (Å²) in [5.74, 6) is 0. The second-order valence-electron chi connectivity index (χ2n) is 4.77. The van der Waals surface area contributed by atoms with Crippen molar-refractivity contribution < 1.29 is 0 Å². The van der Waals surface area contributed by atoms with Gasteiger partial charge in [-0.15, -0.1) is 0 Å². The first kappa shape index (κ1) is 14.8. The van der Waals surface area contributed by atoms with Crippen molar-refractivity contribution in [3.8, 4) is 0 Å². The van der Waals surface area contributed by atoms with E-state index in [1.807, 2.05) is 7.05 Å². The number of hydrogen-bond acceptors (Lipinski definition) is 1. The summed E-state index contributed by atoms with van der Waals surface area (Å²) in [6, 6.07) is 13.2. The topological polar surface area (TPSA) is 12.0 Å². The SMILES string of the molecule is CNC(c1cc(Br)cc(Br)c1)c1ccc(C)c(C)c1. The van der Waals surface area contributed by atoms with Crippen LogP contribution in [0, 0.1) is 13.8 Å². The van der Waals surface area contributed by atoms with Gasteiger partial charge in [0.05, 0.1) is 6.04 Å². The Hall–Kier alpha value is -0.640. The smallest absolute Gasteiger partial charge is 0.0575 e. The summed E-state index contributed by atoms with van der Waals surface area (Å²) in [6.07, 6.45) is 0. The van der Waals surface area contributed by atoms with E-state index < -0.39 is 0 Å². The molecule has 0 aliphatic rings. The highest BCUT2D eigenvalue weighted by Gasteiger charge is 2.13. The predicted octanol–water partition coefficient (Wildman–Crippen LogP) is 5.14. The fourth-order valence-corrected chi connectivity index (χ4v) is 3.54. The molecule has 1 unspecified atom stereocenters.